The Labute approximate surface area is 165 Å². The van der Waals surface area contributed by atoms with E-state index >= 15 is 0 Å². The van der Waals surface area contributed by atoms with Crippen molar-refractivity contribution in [3.05, 3.63) is 45.1 Å². The van der Waals surface area contributed by atoms with E-state index in [1.165, 1.54) is 29.2 Å². The third-order valence-corrected chi connectivity index (χ3v) is 6.90. The summed E-state index contributed by atoms with van der Waals surface area (Å²) < 4.78 is 26.0. The van der Waals surface area contributed by atoms with E-state index in [0.29, 0.717) is 22.3 Å². The molecule has 0 fully saturated rings. The van der Waals surface area contributed by atoms with Crippen LogP contribution in [-0.4, -0.2) is 21.9 Å². The molecular weight excluding hydrogens is 416 g/mol. The lowest BCUT2D eigenvalue weighted by Crippen LogP contribution is -2.12. The fraction of sp³-hybridized carbons (Fsp3) is 0.188. The number of thiophene rings is 1. The number of alkyl halides is 2. The van der Waals surface area contributed by atoms with Gasteiger partial charge in [-0.3, -0.25) is 4.79 Å². The highest BCUT2D eigenvalue weighted by molar-refractivity contribution is 8.01. The third kappa shape index (κ3) is 4.81. The molecule has 0 radical (unpaired) electrons. The van der Waals surface area contributed by atoms with Gasteiger partial charge in [-0.1, -0.05) is 34.9 Å². The molecule has 0 aliphatic heterocycles. The number of rotatable bonds is 6. The van der Waals surface area contributed by atoms with Gasteiger partial charge in [0.05, 0.1) is 0 Å². The highest BCUT2D eigenvalue weighted by Crippen LogP contribution is 2.34. The second kappa shape index (κ2) is 8.47. The number of nitrogens with one attached hydrogen (secondary N) is 1. The van der Waals surface area contributed by atoms with E-state index in [4.69, 9.17) is 0 Å². The summed E-state index contributed by atoms with van der Waals surface area (Å²) in [5.74, 6) is -2.94. The molecule has 10 heteroatoms. The quantitative estimate of drug-likeness (QED) is 0.492. The average molecular weight is 430 g/mol. The average Bonchev–Trinajstić information content (AvgIpc) is 3.18. The molecule has 1 amide bonds. The van der Waals surface area contributed by atoms with Crippen LogP contribution in [0.3, 0.4) is 0 Å². The molecule has 4 nitrogen and oxygen atoms in total. The van der Waals surface area contributed by atoms with Gasteiger partial charge in [0.25, 0.3) is 11.7 Å². The van der Waals surface area contributed by atoms with Gasteiger partial charge in [0.15, 0.2) is 4.34 Å². The molecule has 0 aliphatic carbocycles. The Hall–Kier alpha value is -1.49. The molecule has 1 N–H and O–H groups in total. The third-order valence-electron chi connectivity index (χ3n) is 3.21. The monoisotopic (exact) mass is 429 g/mol. The first-order chi connectivity index (χ1) is 12.4. The number of hydrogen-bond acceptors (Lipinski definition) is 7. The van der Waals surface area contributed by atoms with Crippen molar-refractivity contribution in [2.24, 2.45) is 0 Å². The van der Waals surface area contributed by atoms with Gasteiger partial charge < -0.3 is 5.32 Å². The Morgan fingerprint density at radius 1 is 1.23 bits per heavy atom. The number of halogens is 2. The zero-order valence-corrected chi connectivity index (χ0v) is 16.9. The number of aromatic nitrogens is 2. The van der Waals surface area contributed by atoms with E-state index in [1.54, 1.807) is 11.4 Å². The summed E-state index contributed by atoms with van der Waals surface area (Å²) in [6.07, 6.45) is 0. The Morgan fingerprint density at radius 3 is 2.69 bits per heavy atom. The molecule has 2 aromatic heterocycles. The highest BCUT2D eigenvalue weighted by atomic mass is 32.2. The largest absolute Gasteiger partial charge is 0.321 e. The Balaban J connectivity index is 1.72. The molecular formula is C16H13F2N3OS4. The normalized spacial score (nSPS) is 11.1. The van der Waals surface area contributed by atoms with Crippen LogP contribution in [0.4, 0.5) is 14.5 Å². The molecule has 3 rings (SSSR count). The first-order valence-electron chi connectivity index (χ1n) is 7.34. The van der Waals surface area contributed by atoms with Gasteiger partial charge in [0.2, 0.25) is 0 Å². The fourth-order valence-electron chi connectivity index (χ4n) is 2.09. The molecule has 1 aromatic carbocycles. The smallest absolute Gasteiger partial charge is 0.288 e. The number of amides is 1. The van der Waals surface area contributed by atoms with Crippen molar-refractivity contribution < 1.29 is 13.6 Å². The predicted octanol–water partition coefficient (Wildman–Crippen LogP) is 5.93. The summed E-state index contributed by atoms with van der Waals surface area (Å²) in [6, 6.07) is 7.16. The van der Waals surface area contributed by atoms with Crippen molar-refractivity contribution in [3.63, 3.8) is 0 Å². The van der Waals surface area contributed by atoms with Crippen LogP contribution in [0.5, 0.6) is 0 Å². The van der Waals surface area contributed by atoms with Crippen LogP contribution < -0.4 is 5.32 Å². The summed E-state index contributed by atoms with van der Waals surface area (Å²) in [5, 5.41) is 13.4. The number of hydrogen-bond donors (Lipinski definition) is 1. The van der Waals surface area contributed by atoms with E-state index < -0.39 is 5.76 Å². The van der Waals surface area contributed by atoms with Crippen LogP contribution >= 0.6 is 46.2 Å². The maximum absolute atomic E-state index is 12.6. The highest BCUT2D eigenvalue weighted by Gasteiger charge is 2.18. The number of carbonyl (C=O) groups is 1. The minimum atomic E-state index is -2.56. The molecule has 0 spiro atoms. The Kier molecular flexibility index (Phi) is 6.28. The van der Waals surface area contributed by atoms with Crippen LogP contribution in [0.2, 0.25) is 0 Å². The Morgan fingerprint density at radius 2 is 2.04 bits per heavy atom. The van der Waals surface area contributed by atoms with Crippen molar-refractivity contribution in [2.45, 2.75) is 33.7 Å². The zero-order chi connectivity index (χ0) is 18.7. The standard InChI is InChI=1S/C16H13F2N3OS4/c1-8-7-10(25-16-21-20-9(2)24-16)3-4-11(8)19-14(22)13-12(5-6-23-13)26-15(17)18/h3-7,15H,1-2H3,(H,19,22). The number of benzene rings is 1. The number of nitrogens with zero attached hydrogens (tertiary/aromatic N) is 2. The number of aryl methyl sites for hydroxylation is 2. The van der Waals surface area contributed by atoms with E-state index in [1.807, 2.05) is 26.0 Å². The van der Waals surface area contributed by atoms with Crippen molar-refractivity contribution >= 4 is 57.8 Å². The lowest BCUT2D eigenvalue weighted by Gasteiger charge is -2.10. The summed E-state index contributed by atoms with van der Waals surface area (Å²) in [7, 11) is 0. The number of carbonyl (C=O) groups excluding carboxylic acids is 1. The molecule has 0 atom stereocenters. The molecule has 2 heterocycles. The van der Waals surface area contributed by atoms with Crippen LogP contribution in [0.1, 0.15) is 20.2 Å². The second-order valence-electron chi connectivity index (χ2n) is 5.11. The maximum atomic E-state index is 12.6. The number of anilines is 1. The summed E-state index contributed by atoms with van der Waals surface area (Å²) in [5.41, 5.74) is 1.53. The van der Waals surface area contributed by atoms with Gasteiger partial charge in [0.1, 0.15) is 9.88 Å². The van der Waals surface area contributed by atoms with Crippen LogP contribution in [0.15, 0.2) is 43.8 Å². The lowest BCUT2D eigenvalue weighted by molar-refractivity contribution is 0.102. The van der Waals surface area contributed by atoms with Gasteiger partial charge in [-0.05, 0) is 49.1 Å². The van der Waals surface area contributed by atoms with Gasteiger partial charge in [-0.2, -0.15) is 8.78 Å². The van der Waals surface area contributed by atoms with Crippen molar-refractivity contribution in [2.75, 3.05) is 5.32 Å². The van der Waals surface area contributed by atoms with Crippen LogP contribution in [0.25, 0.3) is 0 Å². The molecule has 3 aromatic rings. The van der Waals surface area contributed by atoms with Gasteiger partial charge in [-0.25, -0.2) is 0 Å². The summed E-state index contributed by atoms with van der Waals surface area (Å²) in [4.78, 5) is 14.0. The zero-order valence-electron chi connectivity index (χ0n) is 13.7. The molecule has 136 valence electrons. The van der Waals surface area contributed by atoms with Crippen molar-refractivity contribution in [1.29, 1.82) is 0 Å². The first kappa shape index (κ1) is 19.3. The molecule has 0 saturated carbocycles. The number of thioether (sulfide) groups is 1. The minimum Gasteiger partial charge on any atom is -0.321 e. The maximum Gasteiger partial charge on any atom is 0.288 e. The Bertz CT molecular complexity index is 926. The first-order valence-corrected chi connectivity index (χ1v) is 10.7. The van der Waals surface area contributed by atoms with Gasteiger partial charge in [0, 0.05) is 15.5 Å². The van der Waals surface area contributed by atoms with Crippen LogP contribution in [0, 0.1) is 13.8 Å². The molecule has 0 saturated heterocycles. The molecule has 0 bridgehead atoms. The lowest BCUT2D eigenvalue weighted by atomic mass is 10.2. The van der Waals surface area contributed by atoms with E-state index in [-0.39, 0.29) is 10.8 Å². The molecule has 26 heavy (non-hydrogen) atoms. The predicted molar refractivity (Wildman–Crippen MR) is 104 cm³/mol. The minimum absolute atomic E-state index is 0.289. The fourth-order valence-corrected chi connectivity index (χ4v) is 5.58. The van der Waals surface area contributed by atoms with Crippen molar-refractivity contribution in [1.82, 2.24) is 10.2 Å². The van der Waals surface area contributed by atoms with Crippen molar-refractivity contribution in [3.8, 4) is 0 Å². The van der Waals surface area contributed by atoms with E-state index in [0.717, 1.165) is 31.1 Å². The SMILES string of the molecule is Cc1nnc(Sc2ccc(NC(=O)c3sccc3SC(F)F)c(C)c2)s1. The summed E-state index contributed by atoms with van der Waals surface area (Å²) >= 11 is 4.55. The second-order valence-corrected chi connectivity index (χ2v) is 9.56. The van der Waals surface area contributed by atoms with Crippen LogP contribution in [-0.2, 0) is 0 Å². The van der Waals surface area contributed by atoms with E-state index in [9.17, 15) is 13.6 Å². The van der Waals surface area contributed by atoms with Gasteiger partial charge in [-0.15, -0.1) is 21.5 Å². The topological polar surface area (TPSA) is 54.9 Å². The van der Waals surface area contributed by atoms with E-state index in [2.05, 4.69) is 15.5 Å². The van der Waals surface area contributed by atoms with Gasteiger partial charge >= 0.3 is 0 Å². The molecule has 0 unspecified atom stereocenters. The summed E-state index contributed by atoms with van der Waals surface area (Å²) in [6.45, 7) is 3.78. The molecule has 0 aliphatic rings.